The van der Waals surface area contributed by atoms with Crippen molar-refractivity contribution in [3.05, 3.63) is 35.4 Å². The minimum absolute atomic E-state index is 0.335. The third-order valence-electron chi connectivity index (χ3n) is 6.04. The van der Waals surface area contributed by atoms with Crippen LogP contribution in [0.4, 0.5) is 0 Å². The molecule has 102 valence electrons. The van der Waals surface area contributed by atoms with Crippen LogP contribution in [0.2, 0.25) is 0 Å². The Morgan fingerprint density at radius 1 is 1.16 bits per heavy atom. The lowest BCUT2D eigenvalue weighted by Gasteiger charge is -2.37. The van der Waals surface area contributed by atoms with Gasteiger partial charge in [-0.05, 0) is 80.2 Å². The molecule has 0 spiro atoms. The van der Waals surface area contributed by atoms with E-state index in [4.69, 9.17) is 0 Å². The van der Waals surface area contributed by atoms with Crippen LogP contribution in [0, 0.1) is 11.8 Å². The molecule has 0 aliphatic heterocycles. The fourth-order valence-electron chi connectivity index (χ4n) is 5.16. The maximum Gasteiger partial charge on any atom is 0.0684 e. The molecule has 0 radical (unpaired) electrons. The zero-order valence-electron chi connectivity index (χ0n) is 11.6. The zero-order valence-corrected chi connectivity index (χ0v) is 11.6. The molecular weight excluding hydrogens is 232 g/mol. The molecule has 19 heavy (non-hydrogen) atoms. The van der Waals surface area contributed by atoms with Crippen molar-refractivity contribution in [1.29, 1.82) is 0 Å². The van der Waals surface area contributed by atoms with Gasteiger partial charge in [0.15, 0.2) is 0 Å². The molecule has 0 saturated heterocycles. The highest BCUT2D eigenvalue weighted by Crippen LogP contribution is 2.54. The molecule has 2 fully saturated rings. The maximum absolute atomic E-state index is 11.1. The van der Waals surface area contributed by atoms with Crippen LogP contribution in [-0.4, -0.2) is 10.7 Å². The fourth-order valence-corrected chi connectivity index (χ4v) is 5.16. The third kappa shape index (κ3) is 1.94. The van der Waals surface area contributed by atoms with E-state index in [2.05, 4.69) is 24.3 Å². The predicted octanol–water partition coefficient (Wildman–Crippen LogP) is 4.05. The highest BCUT2D eigenvalue weighted by atomic mass is 16.3. The van der Waals surface area contributed by atoms with Gasteiger partial charge in [-0.25, -0.2) is 0 Å². The molecule has 4 rings (SSSR count). The largest absolute Gasteiger partial charge is 0.390 e. The van der Waals surface area contributed by atoms with Gasteiger partial charge in [0, 0.05) is 0 Å². The second-order valence-electron chi connectivity index (χ2n) is 7.18. The Bertz CT molecular complexity index is 480. The summed E-state index contributed by atoms with van der Waals surface area (Å²) in [7, 11) is 0. The van der Waals surface area contributed by atoms with Crippen molar-refractivity contribution in [3.63, 3.8) is 0 Å². The van der Waals surface area contributed by atoms with E-state index in [-0.39, 0.29) is 5.60 Å². The lowest BCUT2D eigenvalue weighted by Crippen LogP contribution is -2.37. The Kier molecular flexibility index (Phi) is 2.73. The standard InChI is InChI=1S/C18H24O/c19-18(11-13-8-9-16(18)10-13)12-15-6-3-5-14-4-1-2-7-17(14)15/h1-2,4,7,13,15-16,19H,3,5-6,8-12H2. The van der Waals surface area contributed by atoms with Gasteiger partial charge in [-0.15, -0.1) is 0 Å². The van der Waals surface area contributed by atoms with Gasteiger partial charge in [0.25, 0.3) is 0 Å². The molecule has 2 saturated carbocycles. The first-order chi connectivity index (χ1) is 9.24. The number of hydrogen-bond acceptors (Lipinski definition) is 1. The van der Waals surface area contributed by atoms with E-state index < -0.39 is 0 Å². The maximum atomic E-state index is 11.1. The second-order valence-corrected chi connectivity index (χ2v) is 7.18. The highest BCUT2D eigenvalue weighted by Gasteiger charge is 2.50. The van der Waals surface area contributed by atoms with E-state index in [1.807, 2.05) is 0 Å². The van der Waals surface area contributed by atoms with Gasteiger partial charge in [0.05, 0.1) is 5.60 Å². The summed E-state index contributed by atoms with van der Waals surface area (Å²) >= 11 is 0. The van der Waals surface area contributed by atoms with Crippen LogP contribution >= 0.6 is 0 Å². The number of rotatable bonds is 2. The van der Waals surface area contributed by atoms with Crippen LogP contribution in [0.3, 0.4) is 0 Å². The van der Waals surface area contributed by atoms with Gasteiger partial charge < -0.3 is 5.11 Å². The molecule has 0 aromatic heterocycles. The number of aryl methyl sites for hydroxylation is 1. The molecule has 3 aliphatic carbocycles. The summed E-state index contributed by atoms with van der Waals surface area (Å²) in [5, 5.41) is 11.1. The molecule has 1 aromatic carbocycles. The lowest BCUT2D eigenvalue weighted by molar-refractivity contribution is -0.0275. The Balaban J connectivity index is 1.58. The first-order valence-electron chi connectivity index (χ1n) is 8.05. The van der Waals surface area contributed by atoms with Crippen LogP contribution in [0.15, 0.2) is 24.3 Å². The van der Waals surface area contributed by atoms with Crippen LogP contribution in [0.5, 0.6) is 0 Å². The molecule has 1 nitrogen and oxygen atoms in total. The smallest absolute Gasteiger partial charge is 0.0684 e. The average molecular weight is 256 g/mol. The van der Waals surface area contributed by atoms with Crippen molar-refractivity contribution >= 4 is 0 Å². The fraction of sp³-hybridized carbons (Fsp3) is 0.667. The Morgan fingerprint density at radius 3 is 2.84 bits per heavy atom. The first kappa shape index (κ1) is 12.0. The van der Waals surface area contributed by atoms with Crippen molar-refractivity contribution in [2.45, 2.75) is 62.9 Å². The second kappa shape index (κ2) is 4.34. The van der Waals surface area contributed by atoms with E-state index >= 15 is 0 Å². The Hall–Kier alpha value is -0.820. The average Bonchev–Trinajstić information content (AvgIpc) is 2.99. The van der Waals surface area contributed by atoms with Crippen LogP contribution in [0.1, 0.15) is 62.0 Å². The number of benzene rings is 1. The van der Waals surface area contributed by atoms with Crippen LogP contribution in [-0.2, 0) is 6.42 Å². The SMILES string of the molecule is OC1(CC2CCCc3ccccc32)CC2CCC1C2. The molecule has 2 bridgehead atoms. The topological polar surface area (TPSA) is 20.2 Å². The predicted molar refractivity (Wildman–Crippen MR) is 77.1 cm³/mol. The number of aliphatic hydroxyl groups is 1. The minimum Gasteiger partial charge on any atom is -0.390 e. The Labute approximate surface area is 116 Å². The van der Waals surface area contributed by atoms with Crippen molar-refractivity contribution < 1.29 is 5.11 Å². The van der Waals surface area contributed by atoms with E-state index in [9.17, 15) is 5.11 Å². The van der Waals surface area contributed by atoms with Gasteiger partial charge in [-0.1, -0.05) is 24.3 Å². The molecule has 0 amide bonds. The molecule has 1 N–H and O–H groups in total. The summed E-state index contributed by atoms with van der Waals surface area (Å²) < 4.78 is 0. The summed E-state index contributed by atoms with van der Waals surface area (Å²) in [5.74, 6) is 2.04. The van der Waals surface area contributed by atoms with Crippen molar-refractivity contribution in [3.8, 4) is 0 Å². The summed E-state index contributed by atoms with van der Waals surface area (Å²) in [5.41, 5.74) is 2.73. The van der Waals surface area contributed by atoms with Crippen LogP contribution in [0.25, 0.3) is 0 Å². The third-order valence-corrected chi connectivity index (χ3v) is 6.04. The zero-order chi connectivity index (χ0) is 12.9. The molecule has 4 atom stereocenters. The van der Waals surface area contributed by atoms with Gasteiger partial charge >= 0.3 is 0 Å². The van der Waals surface area contributed by atoms with E-state index in [1.54, 1.807) is 0 Å². The van der Waals surface area contributed by atoms with Crippen molar-refractivity contribution in [1.82, 2.24) is 0 Å². The molecule has 1 heteroatoms. The van der Waals surface area contributed by atoms with Gasteiger partial charge in [0.2, 0.25) is 0 Å². The molecule has 1 aromatic rings. The Morgan fingerprint density at radius 2 is 2.05 bits per heavy atom. The van der Waals surface area contributed by atoms with Crippen molar-refractivity contribution in [2.24, 2.45) is 11.8 Å². The minimum atomic E-state index is -0.335. The first-order valence-corrected chi connectivity index (χ1v) is 8.05. The molecular formula is C18H24O. The van der Waals surface area contributed by atoms with E-state index in [0.29, 0.717) is 11.8 Å². The molecule has 4 unspecified atom stereocenters. The van der Waals surface area contributed by atoms with E-state index in [0.717, 1.165) is 18.8 Å². The normalized spacial score (nSPS) is 40.4. The summed E-state index contributed by atoms with van der Waals surface area (Å²) in [4.78, 5) is 0. The molecule has 0 heterocycles. The number of hydrogen-bond donors (Lipinski definition) is 1. The molecule has 3 aliphatic rings. The van der Waals surface area contributed by atoms with Crippen molar-refractivity contribution in [2.75, 3.05) is 0 Å². The van der Waals surface area contributed by atoms with Gasteiger partial charge in [-0.3, -0.25) is 0 Å². The van der Waals surface area contributed by atoms with Crippen LogP contribution < -0.4 is 0 Å². The quantitative estimate of drug-likeness (QED) is 0.846. The summed E-state index contributed by atoms with van der Waals surface area (Å²) in [6.45, 7) is 0. The summed E-state index contributed by atoms with van der Waals surface area (Å²) in [6.07, 6.45) is 9.84. The lowest BCUT2D eigenvalue weighted by atomic mass is 9.72. The highest BCUT2D eigenvalue weighted by molar-refractivity contribution is 5.33. The van der Waals surface area contributed by atoms with Gasteiger partial charge in [0.1, 0.15) is 0 Å². The number of fused-ring (bicyclic) bond motifs is 3. The van der Waals surface area contributed by atoms with Gasteiger partial charge in [-0.2, -0.15) is 0 Å². The summed E-state index contributed by atoms with van der Waals surface area (Å²) in [6, 6.07) is 8.91. The monoisotopic (exact) mass is 256 g/mol. The van der Waals surface area contributed by atoms with E-state index in [1.165, 1.54) is 49.7 Å².